The molecule has 4 N–H and O–H groups in total. The highest BCUT2D eigenvalue weighted by atomic mass is 32.2. The van der Waals surface area contributed by atoms with Gasteiger partial charge in [0, 0.05) is 44.1 Å². The predicted molar refractivity (Wildman–Crippen MR) is 124 cm³/mol. The molecule has 0 saturated heterocycles. The Morgan fingerprint density at radius 2 is 1.71 bits per heavy atom. The van der Waals surface area contributed by atoms with Crippen LogP contribution in [-0.2, 0) is 11.0 Å². The van der Waals surface area contributed by atoms with E-state index in [1.165, 1.54) is 17.0 Å². The van der Waals surface area contributed by atoms with Crippen LogP contribution in [0.2, 0.25) is 0 Å². The van der Waals surface area contributed by atoms with Crippen molar-refractivity contribution < 1.29 is 13.4 Å². The molecular weight excluding hydrogens is 415 g/mol. The summed E-state index contributed by atoms with van der Waals surface area (Å²) in [6, 6.07) is 18.7. The lowest BCUT2D eigenvalue weighted by Gasteiger charge is -2.13. The highest BCUT2D eigenvalue weighted by molar-refractivity contribution is 7.86. The SMILES string of the molecule is CN(C)C(=O)c1cccc(-c2ccc(F)c(S(=O)Nc3cccc(NCCN)c3)c2)c1. The van der Waals surface area contributed by atoms with E-state index in [1.807, 2.05) is 12.1 Å². The van der Waals surface area contributed by atoms with Crippen molar-refractivity contribution in [2.24, 2.45) is 5.73 Å². The third-order valence-corrected chi connectivity index (χ3v) is 5.66. The molecule has 0 radical (unpaired) electrons. The van der Waals surface area contributed by atoms with Crippen LogP contribution < -0.4 is 15.8 Å². The van der Waals surface area contributed by atoms with Crippen LogP contribution in [0, 0.1) is 5.82 Å². The summed E-state index contributed by atoms with van der Waals surface area (Å²) in [4.78, 5) is 13.8. The summed E-state index contributed by atoms with van der Waals surface area (Å²) in [7, 11) is 1.54. The van der Waals surface area contributed by atoms with E-state index < -0.39 is 16.8 Å². The molecular formula is C23H25FN4O2S. The van der Waals surface area contributed by atoms with Crippen molar-refractivity contribution in [2.45, 2.75) is 4.90 Å². The number of hydrogen-bond donors (Lipinski definition) is 3. The van der Waals surface area contributed by atoms with Crippen molar-refractivity contribution in [1.29, 1.82) is 0 Å². The van der Waals surface area contributed by atoms with Crippen molar-refractivity contribution in [3.8, 4) is 11.1 Å². The lowest BCUT2D eigenvalue weighted by molar-refractivity contribution is 0.0827. The minimum absolute atomic E-state index is 0.0298. The molecule has 0 bridgehead atoms. The van der Waals surface area contributed by atoms with Gasteiger partial charge in [0.05, 0.1) is 4.90 Å². The van der Waals surface area contributed by atoms with Gasteiger partial charge in [-0.3, -0.25) is 4.79 Å². The summed E-state index contributed by atoms with van der Waals surface area (Å²) in [5, 5.41) is 3.14. The van der Waals surface area contributed by atoms with Gasteiger partial charge < -0.3 is 20.7 Å². The lowest BCUT2D eigenvalue weighted by Crippen LogP contribution is -2.21. The second-order valence-corrected chi connectivity index (χ2v) is 8.27. The summed E-state index contributed by atoms with van der Waals surface area (Å²) < 4.78 is 30.2. The van der Waals surface area contributed by atoms with E-state index in [4.69, 9.17) is 5.73 Å². The largest absolute Gasteiger partial charge is 0.384 e. The molecule has 8 heteroatoms. The number of hydrogen-bond acceptors (Lipinski definition) is 4. The molecule has 6 nitrogen and oxygen atoms in total. The maximum atomic E-state index is 14.5. The summed E-state index contributed by atoms with van der Waals surface area (Å²) >= 11 is 0. The molecule has 0 aliphatic rings. The monoisotopic (exact) mass is 440 g/mol. The van der Waals surface area contributed by atoms with Crippen molar-refractivity contribution >= 4 is 28.3 Å². The number of anilines is 2. The zero-order valence-electron chi connectivity index (χ0n) is 17.4. The minimum atomic E-state index is -1.82. The molecule has 0 fully saturated rings. The molecule has 3 rings (SSSR count). The molecule has 0 saturated carbocycles. The number of amides is 1. The van der Waals surface area contributed by atoms with E-state index in [9.17, 15) is 13.4 Å². The third kappa shape index (κ3) is 5.68. The first-order valence-corrected chi connectivity index (χ1v) is 10.9. The molecule has 1 amide bonds. The van der Waals surface area contributed by atoms with E-state index in [-0.39, 0.29) is 10.8 Å². The van der Waals surface area contributed by atoms with Crippen molar-refractivity contribution in [2.75, 3.05) is 37.2 Å². The minimum Gasteiger partial charge on any atom is -0.384 e. The van der Waals surface area contributed by atoms with Gasteiger partial charge in [-0.1, -0.05) is 24.3 Å². The number of rotatable bonds is 8. The maximum Gasteiger partial charge on any atom is 0.253 e. The summed E-state index contributed by atoms with van der Waals surface area (Å²) in [6.07, 6.45) is 0. The van der Waals surface area contributed by atoms with Crippen LogP contribution >= 0.6 is 0 Å². The third-order valence-electron chi connectivity index (χ3n) is 4.53. The Labute approximate surface area is 183 Å². The van der Waals surface area contributed by atoms with Gasteiger partial charge >= 0.3 is 0 Å². The van der Waals surface area contributed by atoms with E-state index in [2.05, 4.69) is 10.0 Å². The Balaban J connectivity index is 1.85. The van der Waals surface area contributed by atoms with Crippen LogP contribution in [0.4, 0.5) is 15.8 Å². The van der Waals surface area contributed by atoms with Crippen molar-refractivity contribution in [3.63, 3.8) is 0 Å². The van der Waals surface area contributed by atoms with E-state index >= 15 is 0 Å². The smallest absolute Gasteiger partial charge is 0.253 e. The Kier molecular flexibility index (Phi) is 7.38. The fraction of sp³-hybridized carbons (Fsp3) is 0.174. The zero-order chi connectivity index (χ0) is 22.4. The molecule has 1 atom stereocenters. The second-order valence-electron chi connectivity index (χ2n) is 7.09. The van der Waals surface area contributed by atoms with Gasteiger partial charge in [0.2, 0.25) is 0 Å². The van der Waals surface area contributed by atoms with Crippen LogP contribution in [0.5, 0.6) is 0 Å². The van der Waals surface area contributed by atoms with Gasteiger partial charge in [0.1, 0.15) is 5.82 Å². The molecule has 0 spiro atoms. The van der Waals surface area contributed by atoms with Crippen LogP contribution in [0.25, 0.3) is 11.1 Å². The Morgan fingerprint density at radius 3 is 2.45 bits per heavy atom. The van der Waals surface area contributed by atoms with Crippen LogP contribution in [0.1, 0.15) is 10.4 Å². The normalized spacial score (nSPS) is 11.6. The van der Waals surface area contributed by atoms with Crippen LogP contribution in [0.15, 0.2) is 71.6 Å². The van der Waals surface area contributed by atoms with Gasteiger partial charge in [-0.15, -0.1) is 0 Å². The van der Waals surface area contributed by atoms with Gasteiger partial charge in [-0.05, 0) is 53.6 Å². The first-order chi connectivity index (χ1) is 14.9. The Morgan fingerprint density at radius 1 is 1.00 bits per heavy atom. The topological polar surface area (TPSA) is 87.5 Å². The second kappa shape index (κ2) is 10.2. The standard InChI is InChI=1S/C23H25FN4O2S/c1-28(2)23(29)18-6-3-5-16(13-18)17-9-10-21(24)22(14-17)31(30)27-20-8-4-7-19(15-20)26-12-11-25/h3-10,13-15,26-27H,11-12,25H2,1-2H3. The average Bonchev–Trinajstić information content (AvgIpc) is 2.77. The van der Waals surface area contributed by atoms with Crippen molar-refractivity contribution in [1.82, 2.24) is 4.90 Å². The number of nitrogens with two attached hydrogens (primary N) is 1. The average molecular weight is 441 g/mol. The molecule has 0 aromatic heterocycles. The summed E-state index contributed by atoms with van der Waals surface area (Å²) in [5.41, 5.74) is 8.83. The first kappa shape index (κ1) is 22.5. The Bertz CT molecular complexity index is 1100. The molecule has 0 heterocycles. The van der Waals surface area contributed by atoms with E-state index in [0.717, 1.165) is 11.3 Å². The highest BCUT2D eigenvalue weighted by Gasteiger charge is 2.14. The molecule has 0 aliphatic carbocycles. The van der Waals surface area contributed by atoms with Crippen molar-refractivity contribution in [3.05, 3.63) is 78.1 Å². The molecule has 1 unspecified atom stereocenters. The Hall–Kier alpha value is -3.23. The number of carbonyl (C=O) groups excluding carboxylic acids is 1. The highest BCUT2D eigenvalue weighted by Crippen LogP contribution is 2.26. The fourth-order valence-corrected chi connectivity index (χ4v) is 3.92. The predicted octanol–water partition coefficient (Wildman–Crippen LogP) is 3.70. The summed E-state index contributed by atoms with van der Waals surface area (Å²) in [6.45, 7) is 1.10. The van der Waals surface area contributed by atoms with Gasteiger partial charge in [0.15, 0.2) is 11.0 Å². The number of nitrogens with zero attached hydrogens (tertiary/aromatic N) is 1. The van der Waals surface area contributed by atoms with Gasteiger partial charge in [-0.2, -0.15) is 0 Å². The quantitative estimate of drug-likeness (QED) is 0.498. The maximum absolute atomic E-state index is 14.5. The number of carbonyl (C=O) groups is 1. The first-order valence-electron chi connectivity index (χ1n) is 9.73. The van der Waals surface area contributed by atoms with Crippen LogP contribution in [0.3, 0.4) is 0 Å². The fourth-order valence-electron chi connectivity index (χ4n) is 2.99. The zero-order valence-corrected chi connectivity index (χ0v) is 18.2. The number of benzene rings is 3. The number of halogens is 1. The van der Waals surface area contributed by atoms with E-state index in [1.54, 1.807) is 56.6 Å². The molecule has 162 valence electrons. The molecule has 3 aromatic rings. The number of nitrogens with one attached hydrogen (secondary N) is 2. The van der Waals surface area contributed by atoms with E-state index in [0.29, 0.717) is 29.9 Å². The van der Waals surface area contributed by atoms with Gasteiger partial charge in [-0.25, -0.2) is 8.60 Å². The lowest BCUT2D eigenvalue weighted by atomic mass is 10.0. The molecule has 3 aromatic carbocycles. The summed E-state index contributed by atoms with van der Waals surface area (Å²) in [5.74, 6) is -0.704. The molecule has 0 aliphatic heterocycles. The van der Waals surface area contributed by atoms with Crippen LogP contribution in [-0.4, -0.2) is 42.2 Å². The van der Waals surface area contributed by atoms with Gasteiger partial charge in [0.25, 0.3) is 5.91 Å². The molecule has 31 heavy (non-hydrogen) atoms.